The van der Waals surface area contributed by atoms with Gasteiger partial charge in [0.05, 0.1) is 34.8 Å². The van der Waals surface area contributed by atoms with Crippen molar-refractivity contribution in [3.8, 4) is 6.07 Å². The number of benzene rings is 1. The van der Waals surface area contributed by atoms with Crippen molar-refractivity contribution in [2.24, 2.45) is 0 Å². The van der Waals surface area contributed by atoms with E-state index in [1.165, 1.54) is 0 Å². The number of aromatic amines is 1. The van der Waals surface area contributed by atoms with Crippen molar-refractivity contribution in [2.45, 2.75) is 33.4 Å². The molecule has 2 aromatic heterocycles. The fraction of sp³-hybridized carbons (Fsp3) is 0.400. The molecule has 1 amide bonds. The summed E-state index contributed by atoms with van der Waals surface area (Å²) in [5.41, 5.74) is 1.39. The zero-order valence-electron chi connectivity index (χ0n) is 20.5. The van der Waals surface area contributed by atoms with E-state index in [9.17, 15) is 19.6 Å². The van der Waals surface area contributed by atoms with Crippen LogP contribution in [0.5, 0.6) is 0 Å². The van der Waals surface area contributed by atoms with Gasteiger partial charge in [0.2, 0.25) is 0 Å². The van der Waals surface area contributed by atoms with Gasteiger partial charge in [-0.25, -0.2) is 14.2 Å². The number of nitrogens with zero attached hydrogens (tertiary/aromatic N) is 5. The number of aryl methyl sites for hydroxylation is 1. The van der Waals surface area contributed by atoms with E-state index in [0.717, 1.165) is 15.9 Å². The lowest BCUT2D eigenvalue weighted by Gasteiger charge is -2.36. The zero-order valence-corrected chi connectivity index (χ0v) is 20.5. The quantitative estimate of drug-likeness (QED) is 0.530. The summed E-state index contributed by atoms with van der Waals surface area (Å²) in [7, 11) is 1.56. The number of fused-ring (bicyclic) bond motifs is 1. The topological polar surface area (TPSA) is 127 Å². The fourth-order valence-electron chi connectivity index (χ4n) is 4.70. The fourth-order valence-corrected chi connectivity index (χ4v) is 4.70. The zero-order chi connectivity index (χ0) is 26.0. The number of carbonyl (C=O) groups excluding carboxylic acids is 1. The molecule has 1 fully saturated rings. The minimum atomic E-state index is -0.672. The number of hydrogen-bond donors (Lipinski definition) is 2. The summed E-state index contributed by atoms with van der Waals surface area (Å²) in [5, 5.41) is 11.9. The number of aromatic nitrogens is 3. The molecule has 0 aliphatic carbocycles. The standard InChI is InChI=1S/C25H28FN7O3/c1-4-33-24(35)20-16(7-8-27)13-17(21(26)22(20)30-25(33)36)14-31-9-11-32(12-10-31)19-6-5-18(23(34)28-3)29-15(19)2/h5-6,13H,4,7,9-12,14H2,1-3H3,(H,28,34)(H,30,36). The molecular weight excluding hydrogens is 465 g/mol. The molecular formula is C25H28FN7O3. The third kappa shape index (κ3) is 4.59. The molecule has 1 saturated heterocycles. The van der Waals surface area contributed by atoms with E-state index < -0.39 is 17.1 Å². The number of rotatable bonds is 6. The first-order valence-electron chi connectivity index (χ1n) is 11.8. The average Bonchev–Trinajstić information content (AvgIpc) is 2.87. The van der Waals surface area contributed by atoms with Crippen LogP contribution in [0.4, 0.5) is 10.1 Å². The smallest absolute Gasteiger partial charge is 0.328 e. The van der Waals surface area contributed by atoms with E-state index in [4.69, 9.17) is 0 Å². The molecule has 4 rings (SSSR count). The molecule has 11 heteroatoms. The Kier molecular flexibility index (Phi) is 7.17. The predicted octanol–water partition coefficient (Wildman–Crippen LogP) is 1.30. The predicted molar refractivity (Wildman–Crippen MR) is 134 cm³/mol. The van der Waals surface area contributed by atoms with Crippen LogP contribution in [0, 0.1) is 24.1 Å². The van der Waals surface area contributed by atoms with Gasteiger partial charge in [0.1, 0.15) is 5.69 Å². The van der Waals surface area contributed by atoms with Gasteiger partial charge in [-0.1, -0.05) is 0 Å². The van der Waals surface area contributed by atoms with Crippen LogP contribution in [0.25, 0.3) is 10.9 Å². The largest absolute Gasteiger partial charge is 0.368 e. The van der Waals surface area contributed by atoms with Crippen molar-refractivity contribution in [1.82, 2.24) is 24.8 Å². The van der Waals surface area contributed by atoms with Gasteiger partial charge in [0.25, 0.3) is 11.5 Å². The highest BCUT2D eigenvalue weighted by Gasteiger charge is 2.23. The van der Waals surface area contributed by atoms with Crippen molar-refractivity contribution in [2.75, 3.05) is 38.1 Å². The van der Waals surface area contributed by atoms with Gasteiger partial charge in [-0.3, -0.25) is 19.1 Å². The Hall–Kier alpha value is -4.04. The second-order valence-corrected chi connectivity index (χ2v) is 8.72. The van der Waals surface area contributed by atoms with Gasteiger partial charge in [-0.05, 0) is 37.6 Å². The van der Waals surface area contributed by atoms with E-state index >= 15 is 4.39 Å². The number of nitriles is 1. The normalized spacial score (nSPS) is 14.1. The van der Waals surface area contributed by atoms with Crippen LogP contribution >= 0.6 is 0 Å². The highest BCUT2D eigenvalue weighted by atomic mass is 19.1. The molecule has 0 saturated carbocycles. The van der Waals surface area contributed by atoms with Crippen molar-refractivity contribution in [3.05, 3.63) is 67.4 Å². The first-order chi connectivity index (χ1) is 17.3. The van der Waals surface area contributed by atoms with Crippen LogP contribution in [0.1, 0.15) is 34.2 Å². The molecule has 3 aromatic rings. The van der Waals surface area contributed by atoms with E-state index in [1.54, 1.807) is 26.1 Å². The molecule has 0 atom stereocenters. The number of amides is 1. The van der Waals surface area contributed by atoms with E-state index in [0.29, 0.717) is 43.0 Å². The number of hydrogen-bond acceptors (Lipinski definition) is 7. The maximum absolute atomic E-state index is 15.5. The molecule has 1 aliphatic rings. The Morgan fingerprint density at radius 3 is 2.56 bits per heavy atom. The number of piperazine rings is 1. The highest BCUT2D eigenvalue weighted by Crippen LogP contribution is 2.25. The second-order valence-electron chi connectivity index (χ2n) is 8.72. The lowest BCUT2D eigenvalue weighted by Crippen LogP contribution is -2.46. The summed E-state index contributed by atoms with van der Waals surface area (Å²) in [6, 6.07) is 7.19. The lowest BCUT2D eigenvalue weighted by atomic mass is 10.0. The number of carbonyl (C=O) groups is 1. The maximum atomic E-state index is 15.5. The number of pyridine rings is 1. The molecule has 0 radical (unpaired) electrons. The van der Waals surface area contributed by atoms with Gasteiger partial charge in [0.15, 0.2) is 5.82 Å². The van der Waals surface area contributed by atoms with Crippen LogP contribution in [0.3, 0.4) is 0 Å². The first-order valence-corrected chi connectivity index (χ1v) is 11.8. The molecule has 0 bridgehead atoms. The second kappa shape index (κ2) is 10.3. The Morgan fingerprint density at radius 2 is 1.94 bits per heavy atom. The molecule has 3 heterocycles. The molecule has 10 nitrogen and oxygen atoms in total. The van der Waals surface area contributed by atoms with E-state index in [2.05, 4.69) is 25.1 Å². The van der Waals surface area contributed by atoms with Crippen LogP contribution < -0.4 is 21.5 Å². The summed E-state index contributed by atoms with van der Waals surface area (Å²) in [5.74, 6) is -0.881. The Morgan fingerprint density at radius 1 is 1.22 bits per heavy atom. The molecule has 36 heavy (non-hydrogen) atoms. The summed E-state index contributed by atoms with van der Waals surface area (Å²) >= 11 is 0. The highest BCUT2D eigenvalue weighted by molar-refractivity contribution is 5.92. The van der Waals surface area contributed by atoms with Crippen molar-refractivity contribution in [1.29, 1.82) is 5.26 Å². The van der Waals surface area contributed by atoms with E-state index in [1.807, 2.05) is 19.1 Å². The molecule has 1 aliphatic heterocycles. The van der Waals surface area contributed by atoms with Gasteiger partial charge in [-0.2, -0.15) is 5.26 Å². The number of nitrogens with one attached hydrogen (secondary N) is 2. The SMILES string of the molecule is CCn1c(=O)[nH]c2c(F)c(CN3CCN(c4ccc(C(=O)NC)nc4C)CC3)cc(CC#N)c2c1=O. The van der Waals surface area contributed by atoms with Crippen molar-refractivity contribution < 1.29 is 9.18 Å². The minimum absolute atomic E-state index is 0.0484. The monoisotopic (exact) mass is 493 g/mol. The molecule has 1 aromatic carbocycles. The average molecular weight is 494 g/mol. The third-order valence-corrected chi connectivity index (χ3v) is 6.57. The summed E-state index contributed by atoms with van der Waals surface area (Å²) in [4.78, 5) is 48.1. The molecule has 2 N–H and O–H groups in total. The first kappa shape index (κ1) is 25.1. The van der Waals surface area contributed by atoms with Gasteiger partial charge in [-0.15, -0.1) is 0 Å². The summed E-state index contributed by atoms with van der Waals surface area (Å²) in [6.07, 6.45) is -0.0686. The summed E-state index contributed by atoms with van der Waals surface area (Å²) < 4.78 is 16.5. The molecule has 0 spiro atoms. The summed E-state index contributed by atoms with van der Waals surface area (Å²) in [6.45, 7) is 6.60. The van der Waals surface area contributed by atoms with Crippen LogP contribution in [-0.2, 0) is 19.5 Å². The van der Waals surface area contributed by atoms with Gasteiger partial charge < -0.3 is 15.2 Å². The number of H-pyrrole nitrogens is 1. The lowest BCUT2D eigenvalue weighted by molar-refractivity contribution is 0.0958. The minimum Gasteiger partial charge on any atom is -0.368 e. The Bertz CT molecular complexity index is 1480. The third-order valence-electron chi connectivity index (χ3n) is 6.57. The van der Waals surface area contributed by atoms with Gasteiger partial charge >= 0.3 is 5.69 Å². The molecule has 188 valence electrons. The van der Waals surface area contributed by atoms with E-state index in [-0.39, 0.29) is 36.3 Å². The van der Waals surface area contributed by atoms with Crippen molar-refractivity contribution >= 4 is 22.5 Å². The van der Waals surface area contributed by atoms with Crippen LogP contribution in [-0.4, -0.2) is 58.6 Å². The Balaban J connectivity index is 1.57. The number of anilines is 1. The van der Waals surface area contributed by atoms with Crippen LogP contribution in [0.2, 0.25) is 0 Å². The van der Waals surface area contributed by atoms with Crippen molar-refractivity contribution in [3.63, 3.8) is 0 Å². The van der Waals surface area contributed by atoms with Crippen LogP contribution in [0.15, 0.2) is 27.8 Å². The van der Waals surface area contributed by atoms with Gasteiger partial charge in [0, 0.05) is 51.9 Å². The Labute approximate surface area is 207 Å². The molecule has 0 unspecified atom stereocenters. The number of halogens is 1. The maximum Gasteiger partial charge on any atom is 0.328 e.